The maximum absolute atomic E-state index is 12.8. The van der Waals surface area contributed by atoms with E-state index in [4.69, 9.17) is 4.74 Å². The summed E-state index contributed by atoms with van der Waals surface area (Å²) >= 11 is 0. The molecule has 0 unspecified atom stereocenters. The molecule has 2 aromatic heterocycles. The number of aryl methyl sites for hydroxylation is 1. The molecule has 1 fully saturated rings. The number of sulfonamides is 1. The molecular weight excluding hydrogens is 428 g/mol. The van der Waals surface area contributed by atoms with Gasteiger partial charge in [-0.15, -0.1) is 0 Å². The number of anilines is 2. The van der Waals surface area contributed by atoms with Crippen LogP contribution in [0.4, 0.5) is 11.6 Å². The van der Waals surface area contributed by atoms with Gasteiger partial charge in [0.25, 0.3) is 0 Å². The van der Waals surface area contributed by atoms with Gasteiger partial charge in [-0.2, -0.15) is 9.40 Å². The topological polar surface area (TPSA) is 102 Å². The van der Waals surface area contributed by atoms with Crippen LogP contribution in [-0.2, 0) is 21.8 Å². The fraction of sp³-hybridized carbons (Fsp3) is 0.227. The van der Waals surface area contributed by atoms with Crippen molar-refractivity contribution < 1.29 is 13.2 Å². The van der Waals surface area contributed by atoms with Gasteiger partial charge >= 0.3 is 0 Å². The molecule has 0 saturated carbocycles. The summed E-state index contributed by atoms with van der Waals surface area (Å²) in [6.07, 6.45) is 5.52. The van der Waals surface area contributed by atoms with Crippen LogP contribution in [-0.4, -0.2) is 58.8 Å². The quantitative estimate of drug-likeness (QED) is 0.499. The van der Waals surface area contributed by atoms with Crippen molar-refractivity contribution in [1.82, 2.24) is 24.1 Å². The molecule has 10 heteroatoms. The van der Waals surface area contributed by atoms with Crippen molar-refractivity contribution in [3.63, 3.8) is 0 Å². The number of hydrogen-bond donors (Lipinski definition) is 1. The molecule has 32 heavy (non-hydrogen) atoms. The summed E-state index contributed by atoms with van der Waals surface area (Å²) in [6, 6.07) is 12.6. The second-order valence-corrected chi connectivity index (χ2v) is 9.47. The third-order valence-corrected chi connectivity index (χ3v) is 7.25. The third-order valence-electron chi connectivity index (χ3n) is 5.34. The molecule has 0 atom stereocenters. The molecular formula is C22H22N6O3S. The summed E-state index contributed by atoms with van der Waals surface area (Å²) in [6.45, 7) is 1.57. The van der Waals surface area contributed by atoms with E-state index in [1.165, 1.54) is 4.31 Å². The van der Waals surface area contributed by atoms with Gasteiger partial charge < -0.3 is 10.1 Å². The van der Waals surface area contributed by atoms with E-state index in [1.54, 1.807) is 35.1 Å². The minimum Gasteiger partial charge on any atom is -0.379 e. The van der Waals surface area contributed by atoms with Crippen molar-refractivity contribution in [3.8, 4) is 11.1 Å². The molecule has 0 radical (unpaired) electrons. The Hall–Kier alpha value is -3.34. The number of rotatable bonds is 5. The normalized spacial score (nSPS) is 15.2. The van der Waals surface area contributed by atoms with E-state index in [0.717, 1.165) is 22.0 Å². The Bertz CT molecular complexity index is 1360. The lowest BCUT2D eigenvalue weighted by atomic mass is 10.1. The average molecular weight is 451 g/mol. The second-order valence-electron chi connectivity index (χ2n) is 7.54. The lowest BCUT2D eigenvalue weighted by Gasteiger charge is -2.26. The Morgan fingerprint density at radius 3 is 2.50 bits per heavy atom. The molecule has 0 amide bonds. The predicted octanol–water partition coefficient (Wildman–Crippen LogP) is 2.79. The van der Waals surface area contributed by atoms with E-state index in [-0.39, 0.29) is 4.90 Å². The number of aromatic nitrogens is 4. The summed E-state index contributed by atoms with van der Waals surface area (Å²) in [5, 5.41) is 8.30. The molecule has 1 saturated heterocycles. The number of benzene rings is 2. The molecule has 0 aliphatic carbocycles. The number of fused-ring (bicyclic) bond motifs is 1. The molecule has 3 heterocycles. The highest BCUT2D eigenvalue weighted by molar-refractivity contribution is 7.89. The number of morpholine rings is 1. The standard InChI is InChI=1S/C22H22N6O3S/c1-27-15-18(14-24-27)16-2-3-17-13-23-22(26-21(17)12-16)25-19-4-6-20(7-5-19)32(29,30)28-8-10-31-11-9-28/h2-7,12-15H,8-11H2,1H3,(H,23,25,26). The Morgan fingerprint density at radius 2 is 1.78 bits per heavy atom. The average Bonchev–Trinajstić information content (AvgIpc) is 3.26. The minimum absolute atomic E-state index is 0.255. The van der Waals surface area contributed by atoms with Crippen molar-refractivity contribution in [2.45, 2.75) is 4.90 Å². The first-order valence-corrected chi connectivity index (χ1v) is 11.6. The van der Waals surface area contributed by atoms with Gasteiger partial charge in [-0.3, -0.25) is 4.68 Å². The Balaban J connectivity index is 1.37. The molecule has 164 valence electrons. The van der Waals surface area contributed by atoms with Crippen molar-refractivity contribution in [2.75, 3.05) is 31.6 Å². The molecule has 5 rings (SSSR count). The molecule has 1 aliphatic heterocycles. The summed E-state index contributed by atoms with van der Waals surface area (Å²) in [5.74, 6) is 0.435. The van der Waals surface area contributed by atoms with Gasteiger partial charge in [0, 0.05) is 49.2 Å². The number of ether oxygens (including phenoxy) is 1. The largest absolute Gasteiger partial charge is 0.379 e. The van der Waals surface area contributed by atoms with Crippen LogP contribution < -0.4 is 5.32 Å². The third kappa shape index (κ3) is 4.07. The highest BCUT2D eigenvalue weighted by atomic mass is 32.2. The van der Waals surface area contributed by atoms with Crippen molar-refractivity contribution >= 4 is 32.6 Å². The van der Waals surface area contributed by atoms with E-state index < -0.39 is 10.0 Å². The van der Waals surface area contributed by atoms with Crippen LogP contribution in [0, 0.1) is 0 Å². The van der Waals surface area contributed by atoms with Gasteiger partial charge in [0.2, 0.25) is 16.0 Å². The Morgan fingerprint density at radius 1 is 1.00 bits per heavy atom. The van der Waals surface area contributed by atoms with E-state index in [9.17, 15) is 8.42 Å². The highest BCUT2D eigenvalue weighted by Gasteiger charge is 2.26. The zero-order chi connectivity index (χ0) is 22.1. The zero-order valence-electron chi connectivity index (χ0n) is 17.5. The molecule has 9 nitrogen and oxygen atoms in total. The molecule has 1 aliphatic rings. The summed E-state index contributed by atoms with van der Waals surface area (Å²) in [4.78, 5) is 9.25. The molecule has 2 aromatic carbocycles. The van der Waals surface area contributed by atoms with Gasteiger partial charge in [-0.1, -0.05) is 12.1 Å². The van der Waals surface area contributed by atoms with Crippen molar-refractivity contribution in [2.24, 2.45) is 7.05 Å². The number of nitrogens with one attached hydrogen (secondary N) is 1. The maximum atomic E-state index is 12.8. The Kier molecular flexibility index (Phi) is 5.33. The van der Waals surface area contributed by atoms with Gasteiger partial charge in [0.05, 0.1) is 29.8 Å². The van der Waals surface area contributed by atoms with Crippen LogP contribution >= 0.6 is 0 Å². The SMILES string of the molecule is Cn1cc(-c2ccc3cnc(Nc4ccc(S(=O)(=O)N5CCOCC5)cc4)nc3c2)cn1. The molecule has 4 aromatic rings. The smallest absolute Gasteiger partial charge is 0.243 e. The lowest BCUT2D eigenvalue weighted by Crippen LogP contribution is -2.40. The van der Waals surface area contributed by atoms with E-state index >= 15 is 0 Å². The molecule has 1 N–H and O–H groups in total. The van der Waals surface area contributed by atoms with Gasteiger partial charge in [0.1, 0.15) is 0 Å². The van der Waals surface area contributed by atoms with Crippen LogP contribution in [0.15, 0.2) is 66.0 Å². The highest BCUT2D eigenvalue weighted by Crippen LogP contribution is 2.25. The fourth-order valence-corrected chi connectivity index (χ4v) is 5.02. The zero-order valence-corrected chi connectivity index (χ0v) is 18.3. The first-order valence-electron chi connectivity index (χ1n) is 10.2. The molecule has 0 bridgehead atoms. The number of nitrogens with zero attached hydrogens (tertiary/aromatic N) is 5. The summed E-state index contributed by atoms with van der Waals surface area (Å²) in [7, 11) is -1.64. The van der Waals surface area contributed by atoms with Crippen LogP contribution in [0.2, 0.25) is 0 Å². The number of hydrogen-bond acceptors (Lipinski definition) is 7. The Labute approximate surface area is 185 Å². The van der Waals surface area contributed by atoms with Gasteiger partial charge in [0.15, 0.2) is 0 Å². The van der Waals surface area contributed by atoms with Crippen LogP contribution in [0.5, 0.6) is 0 Å². The van der Waals surface area contributed by atoms with Crippen LogP contribution in [0.1, 0.15) is 0 Å². The van der Waals surface area contributed by atoms with Crippen molar-refractivity contribution in [1.29, 1.82) is 0 Å². The monoisotopic (exact) mass is 450 g/mol. The maximum Gasteiger partial charge on any atom is 0.243 e. The first-order chi connectivity index (χ1) is 15.5. The van der Waals surface area contributed by atoms with E-state index in [2.05, 4.69) is 20.4 Å². The van der Waals surface area contributed by atoms with Crippen LogP contribution in [0.25, 0.3) is 22.0 Å². The first kappa shape index (κ1) is 20.6. The van der Waals surface area contributed by atoms with E-state index in [0.29, 0.717) is 37.9 Å². The summed E-state index contributed by atoms with van der Waals surface area (Å²) in [5.41, 5.74) is 3.54. The van der Waals surface area contributed by atoms with Crippen molar-refractivity contribution in [3.05, 3.63) is 61.1 Å². The lowest BCUT2D eigenvalue weighted by molar-refractivity contribution is 0.0730. The van der Waals surface area contributed by atoms with Crippen LogP contribution in [0.3, 0.4) is 0 Å². The predicted molar refractivity (Wildman–Crippen MR) is 121 cm³/mol. The van der Waals surface area contributed by atoms with Gasteiger partial charge in [-0.05, 0) is 35.9 Å². The summed E-state index contributed by atoms with van der Waals surface area (Å²) < 4.78 is 34.0. The minimum atomic E-state index is -3.52. The second kappa shape index (κ2) is 8.30. The van der Waals surface area contributed by atoms with E-state index in [1.807, 2.05) is 37.6 Å². The van der Waals surface area contributed by atoms with Gasteiger partial charge in [-0.25, -0.2) is 18.4 Å². The molecule has 0 spiro atoms. The fourth-order valence-electron chi connectivity index (χ4n) is 3.61.